The second kappa shape index (κ2) is 7.00. The van der Waals surface area contributed by atoms with Gasteiger partial charge in [-0.25, -0.2) is 4.79 Å². The fourth-order valence-electron chi connectivity index (χ4n) is 2.33. The summed E-state index contributed by atoms with van der Waals surface area (Å²) in [6, 6.07) is 6.18. The van der Waals surface area contributed by atoms with Crippen LogP contribution in [0.15, 0.2) is 24.3 Å². The highest BCUT2D eigenvalue weighted by molar-refractivity contribution is 6.02. The van der Waals surface area contributed by atoms with E-state index in [1.54, 1.807) is 52.1 Å². The molecule has 1 aromatic carbocycles. The molecule has 1 unspecified atom stereocenters. The van der Waals surface area contributed by atoms with Gasteiger partial charge in [0, 0.05) is 12.1 Å². The molecule has 0 radical (unpaired) electrons. The predicted octanol–water partition coefficient (Wildman–Crippen LogP) is 2.51. The minimum absolute atomic E-state index is 0.162. The summed E-state index contributed by atoms with van der Waals surface area (Å²) in [6.45, 7) is 6.27. The zero-order chi connectivity index (χ0) is 17.0. The van der Waals surface area contributed by atoms with Crippen molar-refractivity contribution in [1.82, 2.24) is 4.90 Å². The van der Waals surface area contributed by atoms with Crippen LogP contribution in [0.1, 0.15) is 31.1 Å². The third-order valence-electron chi connectivity index (χ3n) is 3.41. The lowest BCUT2D eigenvalue weighted by Crippen LogP contribution is -2.53. The highest BCUT2D eigenvalue weighted by Crippen LogP contribution is 2.20. The molecule has 1 atom stereocenters. The molecule has 0 spiro atoms. The molecule has 23 heavy (non-hydrogen) atoms. The topological polar surface area (TPSA) is 65.1 Å². The average Bonchev–Trinajstić information content (AvgIpc) is 2.52. The monoisotopic (exact) mass is 321 g/mol. The molecule has 1 saturated heterocycles. The first-order valence-corrected chi connectivity index (χ1v) is 7.57. The summed E-state index contributed by atoms with van der Waals surface area (Å²) in [5.74, 6) is 0.408. The van der Waals surface area contributed by atoms with Gasteiger partial charge in [0.25, 0.3) is 0 Å². The molecule has 6 heteroatoms. The first kappa shape index (κ1) is 17.3. The molecule has 6 nitrogen and oxygen atoms in total. The third-order valence-corrected chi connectivity index (χ3v) is 3.41. The summed E-state index contributed by atoms with van der Waals surface area (Å²) in [4.78, 5) is 26.6. The third kappa shape index (κ3) is 4.45. The van der Waals surface area contributed by atoms with Crippen LogP contribution in [-0.2, 0) is 9.47 Å². The fraction of sp³-hybridized carbons (Fsp3) is 0.529. The molecule has 1 aromatic rings. The van der Waals surface area contributed by atoms with Gasteiger partial charge in [-0.2, -0.15) is 0 Å². The van der Waals surface area contributed by atoms with Crippen molar-refractivity contribution in [3.05, 3.63) is 29.8 Å². The van der Waals surface area contributed by atoms with E-state index in [4.69, 9.17) is 14.2 Å². The van der Waals surface area contributed by atoms with Crippen LogP contribution in [0.25, 0.3) is 0 Å². The van der Waals surface area contributed by atoms with Crippen molar-refractivity contribution < 1.29 is 23.8 Å². The Kier molecular flexibility index (Phi) is 5.26. The second-order valence-electron chi connectivity index (χ2n) is 6.36. The number of ether oxygens (including phenoxy) is 3. The standard InChI is InChI=1S/C17H23NO5/c1-17(2,3)23-16(20)18-8-9-22-11-14(18)15(19)12-6-5-7-13(10-12)21-4/h5-7,10,14H,8-9,11H2,1-4H3. The van der Waals surface area contributed by atoms with Crippen LogP contribution >= 0.6 is 0 Å². The van der Waals surface area contributed by atoms with E-state index in [1.807, 2.05) is 0 Å². The van der Waals surface area contributed by atoms with Crippen LogP contribution in [0.2, 0.25) is 0 Å². The molecule has 2 rings (SSSR count). The van der Waals surface area contributed by atoms with Crippen molar-refractivity contribution in [2.75, 3.05) is 26.9 Å². The Balaban J connectivity index is 2.20. The number of methoxy groups -OCH3 is 1. The van der Waals surface area contributed by atoms with Gasteiger partial charge in [0.2, 0.25) is 0 Å². The zero-order valence-corrected chi connectivity index (χ0v) is 14.0. The molecule has 1 fully saturated rings. The van der Waals surface area contributed by atoms with E-state index in [0.29, 0.717) is 24.5 Å². The van der Waals surface area contributed by atoms with Crippen LogP contribution in [0.4, 0.5) is 4.79 Å². The number of hydrogen-bond donors (Lipinski definition) is 0. The van der Waals surface area contributed by atoms with Gasteiger partial charge in [-0.1, -0.05) is 12.1 Å². The maximum Gasteiger partial charge on any atom is 0.411 e. The van der Waals surface area contributed by atoms with Gasteiger partial charge in [0.1, 0.15) is 17.4 Å². The fourth-order valence-corrected chi connectivity index (χ4v) is 2.33. The van der Waals surface area contributed by atoms with Gasteiger partial charge >= 0.3 is 6.09 Å². The largest absolute Gasteiger partial charge is 0.497 e. The number of nitrogens with zero attached hydrogens (tertiary/aromatic N) is 1. The Labute approximate surface area is 136 Å². The summed E-state index contributed by atoms with van der Waals surface area (Å²) in [6.07, 6.45) is -0.498. The average molecular weight is 321 g/mol. The maximum atomic E-state index is 12.8. The van der Waals surface area contributed by atoms with Gasteiger partial charge < -0.3 is 14.2 Å². The minimum Gasteiger partial charge on any atom is -0.497 e. The molecule has 0 aromatic heterocycles. The number of ketones is 1. The zero-order valence-electron chi connectivity index (χ0n) is 14.0. The molecule has 0 N–H and O–H groups in total. The number of Topliss-reactive ketones (excluding diaryl/α,β-unsaturated/α-hetero) is 1. The van der Waals surface area contributed by atoms with Crippen LogP contribution in [-0.4, -0.2) is 55.3 Å². The van der Waals surface area contributed by atoms with Gasteiger partial charge in [-0.15, -0.1) is 0 Å². The number of rotatable bonds is 3. The summed E-state index contributed by atoms with van der Waals surface area (Å²) >= 11 is 0. The van der Waals surface area contributed by atoms with Crippen molar-refractivity contribution in [3.63, 3.8) is 0 Å². The molecule has 1 amide bonds. The maximum absolute atomic E-state index is 12.8. The summed E-state index contributed by atoms with van der Waals surface area (Å²) in [5, 5.41) is 0. The lowest BCUT2D eigenvalue weighted by Gasteiger charge is -2.35. The summed E-state index contributed by atoms with van der Waals surface area (Å²) < 4.78 is 15.9. The number of benzene rings is 1. The van der Waals surface area contributed by atoms with Crippen molar-refractivity contribution in [3.8, 4) is 5.75 Å². The Morgan fingerprint density at radius 1 is 1.30 bits per heavy atom. The first-order chi connectivity index (χ1) is 10.8. The highest BCUT2D eigenvalue weighted by Gasteiger charge is 2.35. The Morgan fingerprint density at radius 3 is 2.70 bits per heavy atom. The molecular formula is C17H23NO5. The van der Waals surface area contributed by atoms with Crippen molar-refractivity contribution in [2.24, 2.45) is 0 Å². The van der Waals surface area contributed by atoms with Gasteiger partial charge in [0.05, 0.1) is 20.3 Å². The van der Waals surface area contributed by atoms with Gasteiger partial charge in [-0.3, -0.25) is 9.69 Å². The number of carbonyl (C=O) groups excluding carboxylic acids is 2. The molecule has 1 heterocycles. The van der Waals surface area contributed by atoms with E-state index in [0.717, 1.165) is 0 Å². The van der Waals surface area contributed by atoms with E-state index in [9.17, 15) is 9.59 Å². The predicted molar refractivity (Wildman–Crippen MR) is 84.9 cm³/mol. The molecular weight excluding hydrogens is 298 g/mol. The molecule has 1 aliphatic heterocycles. The summed E-state index contributed by atoms with van der Waals surface area (Å²) in [7, 11) is 1.54. The van der Waals surface area contributed by atoms with Crippen molar-refractivity contribution in [1.29, 1.82) is 0 Å². The molecule has 0 aliphatic carbocycles. The minimum atomic E-state index is -0.689. The van der Waals surface area contributed by atoms with Crippen molar-refractivity contribution >= 4 is 11.9 Å². The van der Waals surface area contributed by atoms with Crippen LogP contribution in [0.3, 0.4) is 0 Å². The van der Waals surface area contributed by atoms with E-state index in [1.165, 1.54) is 4.90 Å². The normalized spacial score (nSPS) is 18.4. The van der Waals surface area contributed by atoms with Crippen LogP contribution in [0.5, 0.6) is 5.75 Å². The SMILES string of the molecule is COc1cccc(C(=O)C2COCCN2C(=O)OC(C)(C)C)c1. The number of hydrogen-bond acceptors (Lipinski definition) is 5. The lowest BCUT2D eigenvalue weighted by molar-refractivity contribution is -0.0265. The van der Waals surface area contributed by atoms with E-state index >= 15 is 0 Å². The Hall–Kier alpha value is -2.08. The molecule has 0 saturated carbocycles. The van der Waals surface area contributed by atoms with Gasteiger partial charge in [-0.05, 0) is 32.9 Å². The van der Waals surface area contributed by atoms with Crippen LogP contribution in [0, 0.1) is 0 Å². The van der Waals surface area contributed by atoms with E-state index in [-0.39, 0.29) is 12.4 Å². The lowest BCUT2D eigenvalue weighted by atomic mass is 10.0. The van der Waals surface area contributed by atoms with E-state index in [2.05, 4.69) is 0 Å². The number of morpholine rings is 1. The molecule has 1 aliphatic rings. The van der Waals surface area contributed by atoms with Crippen LogP contribution < -0.4 is 4.74 Å². The second-order valence-corrected chi connectivity index (χ2v) is 6.36. The van der Waals surface area contributed by atoms with Gasteiger partial charge in [0.15, 0.2) is 5.78 Å². The number of amides is 1. The Morgan fingerprint density at radius 2 is 2.04 bits per heavy atom. The first-order valence-electron chi connectivity index (χ1n) is 7.57. The Bertz CT molecular complexity index is 579. The smallest absolute Gasteiger partial charge is 0.411 e. The van der Waals surface area contributed by atoms with E-state index < -0.39 is 17.7 Å². The number of carbonyl (C=O) groups is 2. The summed E-state index contributed by atoms with van der Waals surface area (Å²) in [5.41, 5.74) is -0.132. The molecule has 126 valence electrons. The molecule has 0 bridgehead atoms. The van der Waals surface area contributed by atoms with Crippen molar-refractivity contribution in [2.45, 2.75) is 32.4 Å². The quantitative estimate of drug-likeness (QED) is 0.800. The highest BCUT2D eigenvalue weighted by atomic mass is 16.6.